The highest BCUT2D eigenvalue weighted by atomic mass is 32.1. The quantitative estimate of drug-likeness (QED) is 0.891. The predicted octanol–water partition coefficient (Wildman–Crippen LogP) is 2.38. The molecular formula is C13H14N2O2S. The maximum atomic E-state index is 9.38. The van der Waals surface area contributed by atoms with Crippen LogP contribution in [0.3, 0.4) is 0 Å². The summed E-state index contributed by atoms with van der Waals surface area (Å²) in [5.41, 5.74) is 2.16. The Labute approximate surface area is 109 Å². The molecular weight excluding hydrogens is 248 g/mol. The number of rotatable bonds is 3. The van der Waals surface area contributed by atoms with E-state index in [1.807, 2.05) is 18.4 Å². The van der Waals surface area contributed by atoms with Crippen molar-refractivity contribution < 1.29 is 9.84 Å². The molecule has 1 aromatic heterocycles. The van der Waals surface area contributed by atoms with Gasteiger partial charge in [0.2, 0.25) is 0 Å². The van der Waals surface area contributed by atoms with E-state index >= 15 is 0 Å². The number of fused-ring (bicyclic) bond motifs is 1. The van der Waals surface area contributed by atoms with Crippen LogP contribution in [0.1, 0.15) is 22.3 Å². The maximum Gasteiger partial charge on any atom is 0.127 e. The molecule has 0 radical (unpaired) electrons. The topological polar surface area (TPSA) is 54.4 Å². The number of aromatic nitrogens is 1. The number of hydrogen-bond acceptors (Lipinski definition) is 5. The van der Waals surface area contributed by atoms with Crippen LogP contribution in [0.2, 0.25) is 0 Å². The molecule has 1 unspecified atom stereocenters. The second-order valence-electron chi connectivity index (χ2n) is 4.35. The van der Waals surface area contributed by atoms with Crippen LogP contribution in [-0.4, -0.2) is 16.7 Å². The van der Waals surface area contributed by atoms with Crippen LogP contribution in [0.4, 0.5) is 0 Å². The Bertz CT molecular complexity index is 568. The number of ether oxygens (including phenoxy) is 1. The zero-order valence-corrected chi connectivity index (χ0v) is 10.8. The third kappa shape index (κ3) is 2.19. The number of nitrogens with one attached hydrogen (secondary N) is 1. The number of benzene rings is 1. The van der Waals surface area contributed by atoms with Gasteiger partial charge in [-0.25, -0.2) is 4.98 Å². The first-order chi connectivity index (χ1) is 8.72. The van der Waals surface area contributed by atoms with Gasteiger partial charge in [-0.15, -0.1) is 11.3 Å². The summed E-state index contributed by atoms with van der Waals surface area (Å²) in [6.45, 7) is 3.34. The van der Waals surface area contributed by atoms with E-state index in [1.54, 1.807) is 23.5 Å². The molecule has 18 heavy (non-hydrogen) atoms. The normalized spacial score (nSPS) is 17.5. The van der Waals surface area contributed by atoms with Gasteiger partial charge in [0.1, 0.15) is 23.1 Å². The SMILES string of the molecule is Cc1csc(CNC2COc3cc(O)ccc32)n1. The number of nitrogens with zero attached hydrogens (tertiary/aromatic N) is 1. The van der Waals surface area contributed by atoms with Gasteiger partial charge in [0.05, 0.1) is 6.04 Å². The Hall–Kier alpha value is -1.59. The third-order valence-corrected chi connectivity index (χ3v) is 3.91. The Morgan fingerprint density at radius 1 is 1.56 bits per heavy atom. The molecule has 5 heteroatoms. The lowest BCUT2D eigenvalue weighted by molar-refractivity contribution is 0.309. The minimum atomic E-state index is 0.171. The van der Waals surface area contributed by atoms with Gasteiger partial charge in [0.25, 0.3) is 0 Å². The second-order valence-corrected chi connectivity index (χ2v) is 5.29. The maximum absolute atomic E-state index is 9.38. The minimum absolute atomic E-state index is 0.171. The van der Waals surface area contributed by atoms with Crippen LogP contribution in [-0.2, 0) is 6.54 Å². The van der Waals surface area contributed by atoms with Crippen LogP contribution in [0, 0.1) is 6.92 Å². The molecule has 94 valence electrons. The number of phenols is 1. The zero-order valence-electron chi connectivity index (χ0n) is 10.0. The Kier molecular flexibility index (Phi) is 2.93. The Morgan fingerprint density at radius 3 is 3.22 bits per heavy atom. The highest BCUT2D eigenvalue weighted by Crippen LogP contribution is 2.34. The smallest absolute Gasteiger partial charge is 0.127 e. The van der Waals surface area contributed by atoms with Crippen LogP contribution < -0.4 is 10.1 Å². The molecule has 2 heterocycles. The molecule has 4 nitrogen and oxygen atoms in total. The molecule has 1 aromatic carbocycles. The van der Waals surface area contributed by atoms with Crippen molar-refractivity contribution in [1.29, 1.82) is 0 Å². The van der Waals surface area contributed by atoms with E-state index in [-0.39, 0.29) is 11.8 Å². The number of phenolic OH excluding ortho intramolecular Hbond substituents is 1. The van der Waals surface area contributed by atoms with Crippen molar-refractivity contribution in [1.82, 2.24) is 10.3 Å². The number of aromatic hydroxyl groups is 1. The van der Waals surface area contributed by atoms with Gasteiger partial charge in [-0.1, -0.05) is 0 Å². The van der Waals surface area contributed by atoms with Crippen molar-refractivity contribution in [2.24, 2.45) is 0 Å². The molecule has 0 spiro atoms. The highest BCUT2D eigenvalue weighted by Gasteiger charge is 2.24. The van der Waals surface area contributed by atoms with Crippen LogP contribution in [0.5, 0.6) is 11.5 Å². The number of hydrogen-bond donors (Lipinski definition) is 2. The van der Waals surface area contributed by atoms with Gasteiger partial charge in [-0.05, 0) is 19.1 Å². The fourth-order valence-corrected chi connectivity index (χ4v) is 2.78. The van der Waals surface area contributed by atoms with Gasteiger partial charge < -0.3 is 15.2 Å². The molecule has 0 aliphatic carbocycles. The second kappa shape index (κ2) is 4.59. The molecule has 0 fully saturated rings. The van der Waals surface area contributed by atoms with Crippen molar-refractivity contribution in [3.8, 4) is 11.5 Å². The van der Waals surface area contributed by atoms with Gasteiger partial charge in [-0.3, -0.25) is 0 Å². The van der Waals surface area contributed by atoms with E-state index in [4.69, 9.17) is 4.74 Å². The molecule has 0 saturated carbocycles. The first kappa shape index (κ1) is 11.5. The van der Waals surface area contributed by atoms with Crippen molar-refractivity contribution >= 4 is 11.3 Å². The molecule has 2 N–H and O–H groups in total. The highest BCUT2D eigenvalue weighted by molar-refractivity contribution is 7.09. The molecule has 3 rings (SSSR count). The predicted molar refractivity (Wildman–Crippen MR) is 70.0 cm³/mol. The summed E-state index contributed by atoms with van der Waals surface area (Å²) in [6.07, 6.45) is 0. The number of thiazole rings is 1. The Morgan fingerprint density at radius 2 is 2.44 bits per heavy atom. The summed E-state index contributed by atoms with van der Waals surface area (Å²) in [6, 6.07) is 5.42. The monoisotopic (exact) mass is 262 g/mol. The lowest BCUT2D eigenvalue weighted by atomic mass is 10.1. The van der Waals surface area contributed by atoms with E-state index in [9.17, 15) is 5.11 Å². The first-order valence-corrected chi connectivity index (χ1v) is 6.70. The van der Waals surface area contributed by atoms with Crippen LogP contribution in [0.25, 0.3) is 0 Å². The van der Waals surface area contributed by atoms with Crippen LogP contribution >= 0.6 is 11.3 Å². The fourth-order valence-electron chi connectivity index (χ4n) is 2.06. The van der Waals surface area contributed by atoms with Crippen molar-refractivity contribution in [2.45, 2.75) is 19.5 Å². The molecule has 2 aromatic rings. The summed E-state index contributed by atoms with van der Waals surface area (Å²) >= 11 is 1.66. The van der Waals surface area contributed by atoms with Gasteiger partial charge in [0.15, 0.2) is 0 Å². The van der Waals surface area contributed by atoms with E-state index in [1.165, 1.54) is 0 Å². The largest absolute Gasteiger partial charge is 0.508 e. The standard InChI is InChI=1S/C13H14N2O2S/c1-8-7-18-13(15-8)5-14-11-6-17-12-4-9(16)2-3-10(11)12/h2-4,7,11,14,16H,5-6H2,1H3. The lowest BCUT2D eigenvalue weighted by Gasteiger charge is -2.09. The third-order valence-electron chi connectivity index (χ3n) is 2.94. The molecule has 1 aliphatic rings. The van der Waals surface area contributed by atoms with Crippen molar-refractivity contribution in [2.75, 3.05) is 6.61 Å². The fraction of sp³-hybridized carbons (Fsp3) is 0.308. The number of aryl methyl sites for hydroxylation is 1. The average molecular weight is 262 g/mol. The van der Waals surface area contributed by atoms with Gasteiger partial charge in [0, 0.05) is 29.2 Å². The van der Waals surface area contributed by atoms with Crippen molar-refractivity contribution in [3.63, 3.8) is 0 Å². The molecule has 0 saturated heterocycles. The first-order valence-electron chi connectivity index (χ1n) is 5.82. The lowest BCUT2D eigenvalue weighted by Crippen LogP contribution is -2.21. The summed E-state index contributed by atoms with van der Waals surface area (Å²) < 4.78 is 5.55. The zero-order chi connectivity index (χ0) is 12.5. The van der Waals surface area contributed by atoms with E-state index in [0.29, 0.717) is 6.61 Å². The minimum Gasteiger partial charge on any atom is -0.508 e. The molecule has 0 amide bonds. The van der Waals surface area contributed by atoms with E-state index in [2.05, 4.69) is 10.3 Å². The summed E-state index contributed by atoms with van der Waals surface area (Å²) in [5.74, 6) is 1.01. The van der Waals surface area contributed by atoms with Crippen molar-refractivity contribution in [3.05, 3.63) is 39.8 Å². The average Bonchev–Trinajstić information content (AvgIpc) is 2.92. The van der Waals surface area contributed by atoms with E-state index < -0.39 is 0 Å². The molecule has 0 bridgehead atoms. The van der Waals surface area contributed by atoms with Crippen LogP contribution in [0.15, 0.2) is 23.6 Å². The molecule has 1 aliphatic heterocycles. The molecule has 1 atom stereocenters. The van der Waals surface area contributed by atoms with Gasteiger partial charge >= 0.3 is 0 Å². The summed E-state index contributed by atoms with van der Waals surface area (Å²) in [5, 5.41) is 15.9. The summed E-state index contributed by atoms with van der Waals surface area (Å²) in [4.78, 5) is 4.42. The Balaban J connectivity index is 1.69. The summed E-state index contributed by atoms with van der Waals surface area (Å²) in [7, 11) is 0. The van der Waals surface area contributed by atoms with Gasteiger partial charge in [-0.2, -0.15) is 0 Å². The van der Waals surface area contributed by atoms with E-state index in [0.717, 1.165) is 28.6 Å².